The average molecular weight is 518 g/mol. The summed E-state index contributed by atoms with van der Waals surface area (Å²) in [5, 5.41) is 0. The van der Waals surface area contributed by atoms with Gasteiger partial charge in [-0.15, -0.1) is 24.3 Å². The van der Waals surface area contributed by atoms with Crippen LogP contribution in [0.1, 0.15) is 25.7 Å². The van der Waals surface area contributed by atoms with E-state index in [1.807, 2.05) is 48.5 Å². The SMILES string of the molecule is C1=CCCC=CCC1.COc1[c-]cccc1.COc1[c-]cccc1.[Pt+2]. The molecule has 3 heteroatoms. The molecule has 2 aromatic rings. The molecular formula is C22H26O2Pt. The first kappa shape index (κ1) is 23.2. The molecular weight excluding hydrogens is 491 g/mol. The second kappa shape index (κ2) is 17.0. The number of rotatable bonds is 2. The van der Waals surface area contributed by atoms with Gasteiger partial charge in [-0.25, -0.2) is 0 Å². The van der Waals surface area contributed by atoms with Gasteiger partial charge in [-0.3, -0.25) is 0 Å². The van der Waals surface area contributed by atoms with E-state index in [1.54, 1.807) is 14.2 Å². The third kappa shape index (κ3) is 13.2. The summed E-state index contributed by atoms with van der Waals surface area (Å²) < 4.78 is 9.72. The third-order valence-corrected chi connectivity index (χ3v) is 3.13. The molecule has 136 valence electrons. The molecule has 0 unspecified atom stereocenters. The summed E-state index contributed by atoms with van der Waals surface area (Å²) in [5.41, 5.74) is 0. The Morgan fingerprint density at radius 1 is 0.640 bits per heavy atom. The zero-order chi connectivity index (χ0) is 17.3. The second-order valence-corrected chi connectivity index (χ2v) is 4.96. The van der Waals surface area contributed by atoms with Crippen molar-refractivity contribution in [3.05, 3.63) is 85.0 Å². The number of methoxy groups -OCH3 is 2. The molecule has 3 rings (SSSR count). The van der Waals surface area contributed by atoms with E-state index in [1.165, 1.54) is 25.7 Å². The first-order valence-corrected chi connectivity index (χ1v) is 8.18. The van der Waals surface area contributed by atoms with Crippen molar-refractivity contribution in [3.8, 4) is 11.5 Å². The Morgan fingerprint density at radius 3 is 1.20 bits per heavy atom. The summed E-state index contributed by atoms with van der Waals surface area (Å²) in [6.07, 6.45) is 14.0. The van der Waals surface area contributed by atoms with E-state index in [4.69, 9.17) is 9.47 Å². The van der Waals surface area contributed by atoms with Gasteiger partial charge in [0.2, 0.25) is 0 Å². The molecule has 0 amide bonds. The van der Waals surface area contributed by atoms with E-state index >= 15 is 0 Å². The van der Waals surface area contributed by atoms with Crippen LogP contribution < -0.4 is 9.47 Å². The molecule has 0 aliphatic heterocycles. The fraction of sp³-hybridized carbons (Fsp3) is 0.273. The maximum absolute atomic E-state index is 4.86. The van der Waals surface area contributed by atoms with Gasteiger partial charge in [-0.05, 0) is 25.7 Å². The zero-order valence-corrected chi connectivity index (χ0v) is 17.2. The Bertz CT molecular complexity index is 500. The van der Waals surface area contributed by atoms with Crippen molar-refractivity contribution in [3.63, 3.8) is 0 Å². The molecule has 0 atom stereocenters. The van der Waals surface area contributed by atoms with Crippen LogP contribution in [-0.4, -0.2) is 14.2 Å². The van der Waals surface area contributed by atoms with Crippen LogP contribution in [0.25, 0.3) is 0 Å². The Kier molecular flexibility index (Phi) is 15.8. The molecule has 2 nitrogen and oxygen atoms in total. The van der Waals surface area contributed by atoms with Crippen LogP contribution in [0.5, 0.6) is 11.5 Å². The van der Waals surface area contributed by atoms with E-state index in [0.717, 1.165) is 11.5 Å². The zero-order valence-electron chi connectivity index (χ0n) is 14.9. The Hall–Kier alpha value is -1.79. The summed E-state index contributed by atoms with van der Waals surface area (Å²) in [5.74, 6) is 1.57. The number of hydrogen-bond acceptors (Lipinski definition) is 2. The largest absolute Gasteiger partial charge is 2.00 e. The quantitative estimate of drug-likeness (QED) is 0.378. The van der Waals surface area contributed by atoms with Crippen molar-refractivity contribution in [2.24, 2.45) is 0 Å². The monoisotopic (exact) mass is 517 g/mol. The van der Waals surface area contributed by atoms with Crippen molar-refractivity contribution >= 4 is 0 Å². The van der Waals surface area contributed by atoms with Gasteiger partial charge < -0.3 is 9.47 Å². The maximum Gasteiger partial charge on any atom is 2.00 e. The molecule has 0 saturated carbocycles. The summed E-state index contributed by atoms with van der Waals surface area (Å²) in [6.45, 7) is 0. The van der Waals surface area contributed by atoms with Crippen LogP contribution in [-0.2, 0) is 21.1 Å². The second-order valence-electron chi connectivity index (χ2n) is 4.96. The fourth-order valence-corrected chi connectivity index (χ4v) is 1.86. The van der Waals surface area contributed by atoms with Gasteiger partial charge in [-0.2, -0.15) is 36.4 Å². The summed E-state index contributed by atoms with van der Waals surface area (Å²) in [7, 11) is 3.26. The van der Waals surface area contributed by atoms with E-state index < -0.39 is 0 Å². The van der Waals surface area contributed by atoms with Crippen molar-refractivity contribution in [2.45, 2.75) is 25.7 Å². The molecule has 0 radical (unpaired) electrons. The van der Waals surface area contributed by atoms with E-state index in [0.29, 0.717) is 0 Å². The van der Waals surface area contributed by atoms with Gasteiger partial charge >= 0.3 is 21.1 Å². The molecule has 0 saturated heterocycles. The van der Waals surface area contributed by atoms with Crippen LogP contribution in [0.2, 0.25) is 0 Å². The smallest absolute Gasteiger partial charge is 0.523 e. The minimum Gasteiger partial charge on any atom is -0.523 e. The predicted octanol–water partition coefficient (Wildman–Crippen LogP) is 5.66. The first-order chi connectivity index (χ1) is 11.9. The number of allylic oxidation sites excluding steroid dienone is 4. The number of ether oxygens (including phenoxy) is 2. The molecule has 0 bridgehead atoms. The van der Waals surface area contributed by atoms with Gasteiger partial charge in [0.1, 0.15) is 0 Å². The molecule has 0 heterocycles. The van der Waals surface area contributed by atoms with E-state index in [9.17, 15) is 0 Å². The summed E-state index contributed by atoms with van der Waals surface area (Å²) >= 11 is 0. The van der Waals surface area contributed by atoms with Crippen molar-refractivity contribution in [1.29, 1.82) is 0 Å². The molecule has 0 aromatic heterocycles. The molecule has 25 heavy (non-hydrogen) atoms. The fourth-order valence-electron chi connectivity index (χ4n) is 1.86. The molecule has 0 fully saturated rings. The van der Waals surface area contributed by atoms with Gasteiger partial charge in [0.15, 0.2) is 0 Å². The molecule has 0 N–H and O–H groups in total. The van der Waals surface area contributed by atoms with Crippen molar-refractivity contribution in [2.75, 3.05) is 14.2 Å². The Labute approximate surface area is 166 Å². The number of benzene rings is 2. The topological polar surface area (TPSA) is 18.5 Å². The van der Waals surface area contributed by atoms with Crippen molar-refractivity contribution in [1.82, 2.24) is 0 Å². The van der Waals surface area contributed by atoms with Crippen LogP contribution in [0.15, 0.2) is 72.8 Å². The molecule has 0 spiro atoms. The summed E-state index contributed by atoms with van der Waals surface area (Å²) in [6, 6.07) is 20.8. The van der Waals surface area contributed by atoms with Crippen LogP contribution in [0.3, 0.4) is 0 Å². The third-order valence-electron chi connectivity index (χ3n) is 3.13. The number of para-hydroxylation sites is 2. The molecule has 1 aliphatic rings. The normalized spacial score (nSPS) is 11.9. The average Bonchev–Trinajstić information content (AvgIpc) is 2.63. The maximum atomic E-state index is 4.86. The van der Waals surface area contributed by atoms with Gasteiger partial charge in [0.05, 0.1) is 14.2 Å². The molecule has 2 aromatic carbocycles. The van der Waals surface area contributed by atoms with Crippen LogP contribution in [0, 0.1) is 12.1 Å². The summed E-state index contributed by atoms with van der Waals surface area (Å²) in [4.78, 5) is 0. The minimum absolute atomic E-state index is 0. The Balaban J connectivity index is 0.000000339. The van der Waals surface area contributed by atoms with E-state index in [-0.39, 0.29) is 21.1 Å². The van der Waals surface area contributed by atoms with Gasteiger partial charge in [0, 0.05) is 11.5 Å². The van der Waals surface area contributed by atoms with Crippen LogP contribution in [0.4, 0.5) is 0 Å². The molecule has 1 aliphatic carbocycles. The minimum atomic E-state index is 0. The number of hydrogen-bond donors (Lipinski definition) is 0. The van der Waals surface area contributed by atoms with Crippen molar-refractivity contribution < 1.29 is 30.5 Å². The first-order valence-electron chi connectivity index (χ1n) is 8.18. The predicted molar refractivity (Wildman–Crippen MR) is 100 cm³/mol. The van der Waals surface area contributed by atoms with Gasteiger partial charge in [0.25, 0.3) is 0 Å². The standard InChI is InChI=1S/C8H12.2C7H7O.Pt/c1-2-4-6-8-7-5-3-1;2*1-8-7-5-3-2-4-6-7;/h1-2,7-8H,3-6H2;2*2-5H,1H3;/q;2*-1;+2. The Morgan fingerprint density at radius 2 is 1.00 bits per heavy atom. The van der Waals surface area contributed by atoms with Crippen LogP contribution >= 0.6 is 0 Å². The van der Waals surface area contributed by atoms with E-state index in [2.05, 4.69) is 36.4 Å². The van der Waals surface area contributed by atoms with Gasteiger partial charge in [-0.1, -0.05) is 24.3 Å².